The maximum Gasteiger partial charge on any atom is 0.213 e. The van der Waals surface area contributed by atoms with Crippen molar-refractivity contribution in [3.05, 3.63) is 88.4 Å². The molecule has 192 valence electrons. The number of benzene rings is 3. The number of aromatic nitrogens is 1. The van der Waals surface area contributed by atoms with E-state index in [9.17, 15) is 5.26 Å². The summed E-state index contributed by atoms with van der Waals surface area (Å²) in [5.41, 5.74) is 9.36. The normalized spacial score (nSPS) is 12.3. The van der Waals surface area contributed by atoms with Crippen LogP contribution in [-0.2, 0) is 18.9 Å². The Morgan fingerprint density at radius 3 is 2.24 bits per heavy atom. The number of nitriles is 1. The summed E-state index contributed by atoms with van der Waals surface area (Å²) in [5.74, 6) is 0. The van der Waals surface area contributed by atoms with E-state index in [-0.39, 0.29) is 10.8 Å². The van der Waals surface area contributed by atoms with Gasteiger partial charge in [-0.25, -0.2) is 0 Å². The molecule has 0 aliphatic heterocycles. The van der Waals surface area contributed by atoms with Gasteiger partial charge in [0.15, 0.2) is 6.20 Å². The lowest BCUT2D eigenvalue weighted by molar-refractivity contribution is -0.660. The van der Waals surface area contributed by atoms with Crippen LogP contribution in [0.3, 0.4) is 0 Å². The highest BCUT2D eigenvalue weighted by Gasteiger charge is 2.25. The molecule has 2 nitrogen and oxygen atoms in total. The SMILES string of the molecule is Cc1c(-c2cc(-c3ccc4c(CC(C)(C)C)csc4c3)c(C#N)c[n+]2C)cc(C(C)(C)C)c2ccccc12. The predicted octanol–water partition coefficient (Wildman–Crippen LogP) is 9.28. The van der Waals surface area contributed by atoms with Crippen molar-refractivity contribution in [2.75, 3.05) is 0 Å². The van der Waals surface area contributed by atoms with Crippen LogP contribution in [0.1, 0.15) is 63.8 Å². The Morgan fingerprint density at radius 1 is 0.868 bits per heavy atom. The highest BCUT2D eigenvalue weighted by atomic mass is 32.1. The van der Waals surface area contributed by atoms with Gasteiger partial charge in [-0.05, 0) is 80.1 Å². The van der Waals surface area contributed by atoms with E-state index < -0.39 is 0 Å². The van der Waals surface area contributed by atoms with Crippen molar-refractivity contribution in [1.29, 1.82) is 5.26 Å². The molecular formula is C35H37N2S+. The first kappa shape index (κ1) is 26.1. The lowest BCUT2D eigenvalue weighted by atomic mass is 9.80. The molecule has 0 atom stereocenters. The highest BCUT2D eigenvalue weighted by Crippen LogP contribution is 2.39. The molecule has 3 heteroatoms. The summed E-state index contributed by atoms with van der Waals surface area (Å²) >= 11 is 1.80. The molecule has 0 N–H and O–H groups in total. The van der Waals surface area contributed by atoms with E-state index in [1.54, 1.807) is 11.3 Å². The maximum absolute atomic E-state index is 10.1. The van der Waals surface area contributed by atoms with Crippen LogP contribution in [0.5, 0.6) is 0 Å². The Labute approximate surface area is 231 Å². The predicted molar refractivity (Wildman–Crippen MR) is 163 cm³/mol. The summed E-state index contributed by atoms with van der Waals surface area (Å²) in [6, 6.07) is 22.5. The minimum absolute atomic E-state index is 0.00498. The summed E-state index contributed by atoms with van der Waals surface area (Å²) in [6.07, 6.45) is 3.04. The number of aryl methyl sites for hydroxylation is 2. The first-order valence-electron chi connectivity index (χ1n) is 13.3. The summed E-state index contributed by atoms with van der Waals surface area (Å²) < 4.78 is 3.38. The molecule has 3 aromatic carbocycles. The fourth-order valence-electron chi connectivity index (χ4n) is 5.61. The molecule has 5 aromatic rings. The monoisotopic (exact) mass is 517 g/mol. The van der Waals surface area contributed by atoms with Crippen molar-refractivity contribution < 1.29 is 4.57 Å². The van der Waals surface area contributed by atoms with Crippen molar-refractivity contribution in [1.82, 2.24) is 0 Å². The maximum atomic E-state index is 10.1. The van der Waals surface area contributed by atoms with Crippen LogP contribution in [0.25, 0.3) is 43.2 Å². The number of rotatable bonds is 3. The molecule has 0 unspecified atom stereocenters. The quantitative estimate of drug-likeness (QED) is 0.219. The molecule has 0 spiro atoms. The van der Waals surface area contributed by atoms with E-state index in [0.717, 1.165) is 23.2 Å². The third kappa shape index (κ3) is 4.74. The van der Waals surface area contributed by atoms with Gasteiger partial charge in [0.25, 0.3) is 0 Å². The van der Waals surface area contributed by atoms with Gasteiger partial charge in [0, 0.05) is 21.9 Å². The number of nitrogens with zero attached hydrogens (tertiary/aromatic N) is 2. The first-order valence-corrected chi connectivity index (χ1v) is 14.2. The molecule has 38 heavy (non-hydrogen) atoms. The molecule has 0 amide bonds. The first-order chi connectivity index (χ1) is 17.9. The Morgan fingerprint density at radius 2 is 1.58 bits per heavy atom. The van der Waals surface area contributed by atoms with Gasteiger partial charge < -0.3 is 0 Å². The van der Waals surface area contributed by atoms with Crippen LogP contribution < -0.4 is 4.57 Å². The third-order valence-electron chi connectivity index (χ3n) is 7.48. The zero-order chi connectivity index (χ0) is 27.4. The van der Waals surface area contributed by atoms with Gasteiger partial charge in [-0.3, -0.25) is 0 Å². The second kappa shape index (κ2) is 9.37. The molecule has 5 rings (SSSR count). The van der Waals surface area contributed by atoms with Gasteiger partial charge in [0.2, 0.25) is 5.69 Å². The molecule has 0 aliphatic rings. The fraction of sp³-hybridized carbons (Fsp3) is 0.314. The molecule has 2 heterocycles. The Balaban J connectivity index is 1.72. The van der Waals surface area contributed by atoms with Crippen LogP contribution in [-0.4, -0.2) is 0 Å². The number of hydrogen-bond acceptors (Lipinski definition) is 2. The smallest absolute Gasteiger partial charge is 0.200 e. The zero-order valence-electron chi connectivity index (χ0n) is 23.9. The van der Waals surface area contributed by atoms with Gasteiger partial charge >= 0.3 is 0 Å². The van der Waals surface area contributed by atoms with E-state index in [1.807, 2.05) is 13.2 Å². The summed E-state index contributed by atoms with van der Waals surface area (Å²) in [5, 5.41) is 16.3. The second-order valence-electron chi connectivity index (χ2n) is 12.8. The largest absolute Gasteiger partial charge is 0.213 e. The average molecular weight is 518 g/mol. The Kier molecular flexibility index (Phi) is 6.44. The lowest BCUT2D eigenvalue weighted by Crippen LogP contribution is -2.31. The minimum atomic E-state index is 0.00498. The van der Waals surface area contributed by atoms with Crippen LogP contribution in [0.2, 0.25) is 0 Å². The molecule has 0 aliphatic carbocycles. The fourth-order valence-corrected chi connectivity index (χ4v) is 6.61. The Hall–Kier alpha value is -3.48. The molecule has 2 aromatic heterocycles. The lowest BCUT2D eigenvalue weighted by Gasteiger charge is -2.24. The van der Waals surface area contributed by atoms with Crippen molar-refractivity contribution in [2.24, 2.45) is 12.5 Å². The molecular weight excluding hydrogens is 480 g/mol. The number of pyridine rings is 1. The molecule has 0 saturated heterocycles. The topological polar surface area (TPSA) is 27.7 Å². The molecule has 0 saturated carbocycles. The van der Waals surface area contributed by atoms with Gasteiger partial charge in [-0.15, -0.1) is 11.3 Å². The summed E-state index contributed by atoms with van der Waals surface area (Å²) in [4.78, 5) is 0. The van der Waals surface area contributed by atoms with E-state index in [2.05, 4.69) is 119 Å². The van der Waals surface area contributed by atoms with E-state index in [1.165, 1.54) is 43.1 Å². The van der Waals surface area contributed by atoms with Gasteiger partial charge in [-0.2, -0.15) is 9.83 Å². The van der Waals surface area contributed by atoms with Gasteiger partial charge in [-0.1, -0.05) is 77.9 Å². The van der Waals surface area contributed by atoms with Crippen molar-refractivity contribution in [2.45, 2.75) is 60.3 Å². The highest BCUT2D eigenvalue weighted by molar-refractivity contribution is 7.17. The van der Waals surface area contributed by atoms with Crippen molar-refractivity contribution in [3.8, 4) is 28.5 Å². The summed E-state index contributed by atoms with van der Waals surface area (Å²) in [6.45, 7) is 15.9. The molecule has 0 bridgehead atoms. The van der Waals surface area contributed by atoms with Crippen LogP contribution in [0, 0.1) is 23.7 Å². The van der Waals surface area contributed by atoms with Crippen LogP contribution >= 0.6 is 11.3 Å². The van der Waals surface area contributed by atoms with Gasteiger partial charge in [0.1, 0.15) is 18.7 Å². The molecule has 0 radical (unpaired) electrons. The van der Waals surface area contributed by atoms with Crippen molar-refractivity contribution in [3.63, 3.8) is 0 Å². The minimum Gasteiger partial charge on any atom is -0.200 e. The van der Waals surface area contributed by atoms with Crippen LogP contribution in [0.4, 0.5) is 0 Å². The van der Waals surface area contributed by atoms with Crippen molar-refractivity contribution >= 4 is 32.2 Å². The second-order valence-corrected chi connectivity index (χ2v) is 13.7. The number of fused-ring (bicyclic) bond motifs is 2. The molecule has 0 fully saturated rings. The average Bonchev–Trinajstić information content (AvgIpc) is 3.24. The van der Waals surface area contributed by atoms with E-state index in [4.69, 9.17) is 0 Å². The van der Waals surface area contributed by atoms with Crippen LogP contribution in [0.15, 0.2) is 66.2 Å². The summed E-state index contributed by atoms with van der Waals surface area (Å²) in [7, 11) is 2.05. The number of thiophene rings is 1. The Bertz CT molecular complexity index is 1730. The number of hydrogen-bond donors (Lipinski definition) is 0. The standard InChI is InChI=1S/C35H37N2S/c1-22-26-11-9-10-12-28(26)31(35(5,6)7)16-29(22)32-17-30(25(19-36)20-37(32)8)23-13-14-27-24(18-34(2,3)4)21-38-33(27)15-23/h9-17,20-21H,18H2,1-8H3/q+1. The zero-order valence-corrected chi connectivity index (χ0v) is 24.7. The van der Waals surface area contributed by atoms with E-state index >= 15 is 0 Å². The van der Waals surface area contributed by atoms with E-state index in [0.29, 0.717) is 5.56 Å². The third-order valence-corrected chi connectivity index (χ3v) is 8.47. The van der Waals surface area contributed by atoms with Gasteiger partial charge in [0.05, 0.1) is 0 Å².